The first-order chi connectivity index (χ1) is 12.4. The van der Waals surface area contributed by atoms with Gasteiger partial charge in [0.05, 0.1) is 6.04 Å². The van der Waals surface area contributed by atoms with Gasteiger partial charge in [0.2, 0.25) is 0 Å². The summed E-state index contributed by atoms with van der Waals surface area (Å²) in [5, 5.41) is 0. The quantitative estimate of drug-likeness (QED) is 0.605. The average Bonchev–Trinajstić information content (AvgIpc) is 3.06. The second-order valence-corrected chi connectivity index (χ2v) is 6.39. The van der Waals surface area contributed by atoms with Crippen LogP contribution in [0.2, 0.25) is 0 Å². The highest BCUT2D eigenvalue weighted by Gasteiger charge is 2.19. The average molecular weight is 364 g/mol. The van der Waals surface area contributed by atoms with Gasteiger partial charge in [0.15, 0.2) is 5.78 Å². The van der Waals surface area contributed by atoms with Crippen LogP contribution in [0.3, 0.4) is 0 Å². The molecule has 5 heteroatoms. The molecule has 5 nitrogen and oxygen atoms in total. The van der Waals surface area contributed by atoms with Gasteiger partial charge in [0.1, 0.15) is 12.4 Å². The van der Waals surface area contributed by atoms with Crippen molar-refractivity contribution in [3.05, 3.63) is 41.6 Å². The van der Waals surface area contributed by atoms with Crippen molar-refractivity contribution in [3.63, 3.8) is 0 Å². The maximum Gasteiger partial charge on any atom is 0.183 e. The van der Waals surface area contributed by atoms with E-state index in [4.69, 9.17) is 4.74 Å². The molecule has 0 aromatic carbocycles. The molecule has 0 aliphatic heterocycles. The molecule has 0 saturated carbocycles. The Bertz CT molecular complexity index is 576. The number of hydrogen-bond donors (Lipinski definition) is 1. The molecule has 1 rings (SSSR count). The Morgan fingerprint density at radius 2 is 1.96 bits per heavy atom. The van der Waals surface area contributed by atoms with Crippen LogP contribution in [0.5, 0.6) is 0 Å². The van der Waals surface area contributed by atoms with Gasteiger partial charge in [0, 0.05) is 37.7 Å². The van der Waals surface area contributed by atoms with Gasteiger partial charge >= 0.3 is 0 Å². The van der Waals surface area contributed by atoms with Crippen molar-refractivity contribution in [1.29, 1.82) is 0 Å². The number of nitrogens with one attached hydrogen (secondary N) is 1. The molecular formula is C21H37N3O2. The number of nitrogens with zero attached hydrogens (tertiary/aromatic N) is 2. The lowest BCUT2D eigenvalue weighted by molar-refractivity contribution is -0.118. The van der Waals surface area contributed by atoms with E-state index in [0.717, 1.165) is 30.2 Å². The molecule has 0 aliphatic carbocycles. The highest BCUT2D eigenvalue weighted by Crippen LogP contribution is 2.24. The third-order valence-corrected chi connectivity index (χ3v) is 3.90. The summed E-state index contributed by atoms with van der Waals surface area (Å²) in [6, 6.07) is 0.200. The Morgan fingerprint density at radius 3 is 2.42 bits per heavy atom. The monoisotopic (exact) mass is 363 g/mol. The van der Waals surface area contributed by atoms with Crippen LogP contribution < -0.4 is 0 Å². The Kier molecular flexibility index (Phi) is 12.4. The maximum absolute atomic E-state index is 11.7. The lowest BCUT2D eigenvalue weighted by Crippen LogP contribution is -2.27. The molecule has 1 N–H and O–H groups in total. The van der Waals surface area contributed by atoms with Gasteiger partial charge in [0.25, 0.3) is 0 Å². The van der Waals surface area contributed by atoms with Crippen LogP contribution in [-0.2, 0) is 16.0 Å². The predicted molar refractivity (Wildman–Crippen MR) is 109 cm³/mol. The van der Waals surface area contributed by atoms with Gasteiger partial charge in [-0.05, 0) is 32.8 Å². The number of methoxy groups -OCH3 is 1. The minimum Gasteiger partial charge on any atom is -0.377 e. The first-order valence-corrected chi connectivity index (χ1v) is 9.50. The number of aromatic amines is 1. The Morgan fingerprint density at radius 1 is 1.35 bits per heavy atom. The highest BCUT2D eigenvalue weighted by molar-refractivity contribution is 5.95. The van der Waals surface area contributed by atoms with Crippen molar-refractivity contribution < 1.29 is 9.53 Å². The van der Waals surface area contributed by atoms with Gasteiger partial charge in [-0.25, -0.2) is 4.98 Å². The number of imidazole rings is 1. The fourth-order valence-corrected chi connectivity index (χ4v) is 2.59. The number of H-pyrrole nitrogens is 1. The molecule has 26 heavy (non-hydrogen) atoms. The van der Waals surface area contributed by atoms with Crippen molar-refractivity contribution in [2.24, 2.45) is 0 Å². The summed E-state index contributed by atoms with van der Waals surface area (Å²) in [6.45, 7) is 17.4. The minimum atomic E-state index is 0.0121. The summed E-state index contributed by atoms with van der Waals surface area (Å²) in [7, 11) is 1.53. The third-order valence-electron chi connectivity index (χ3n) is 3.90. The zero-order valence-corrected chi connectivity index (χ0v) is 17.7. The van der Waals surface area contributed by atoms with Gasteiger partial charge in [-0.2, -0.15) is 0 Å². The summed E-state index contributed by atoms with van der Waals surface area (Å²) in [5.74, 6) is 0.958. The number of ether oxygens (including phenoxy) is 1. The van der Waals surface area contributed by atoms with Crippen LogP contribution >= 0.6 is 0 Å². The normalized spacial score (nSPS) is 12.2. The summed E-state index contributed by atoms with van der Waals surface area (Å²) < 4.78 is 4.86. The number of carbonyl (C=O) groups excluding carboxylic acids is 1. The van der Waals surface area contributed by atoms with Gasteiger partial charge in [-0.15, -0.1) is 0 Å². The highest BCUT2D eigenvalue weighted by atomic mass is 16.5. The maximum atomic E-state index is 11.7. The number of ketones is 1. The van der Waals surface area contributed by atoms with Crippen molar-refractivity contribution >= 4 is 5.78 Å². The minimum absolute atomic E-state index is 0.0121. The fourth-order valence-electron chi connectivity index (χ4n) is 2.59. The van der Waals surface area contributed by atoms with E-state index in [-0.39, 0.29) is 18.4 Å². The summed E-state index contributed by atoms with van der Waals surface area (Å²) in [5.41, 5.74) is 2.76. The van der Waals surface area contributed by atoms with E-state index >= 15 is 0 Å². The van der Waals surface area contributed by atoms with Crippen LogP contribution in [0.1, 0.15) is 71.9 Å². The molecule has 0 aliphatic rings. The molecule has 148 valence electrons. The van der Waals surface area contributed by atoms with Crippen molar-refractivity contribution in [1.82, 2.24) is 14.9 Å². The Balaban J connectivity index is 0.00000194. The number of allylic oxidation sites excluding steroid dienone is 2. The Labute approximate surface area is 159 Å². The first-order valence-electron chi connectivity index (χ1n) is 9.50. The summed E-state index contributed by atoms with van der Waals surface area (Å²) in [6.07, 6.45) is 6.61. The number of Topliss-reactive ketones (excluding diaryl/α,β-unsaturated/α-hetero) is 1. The summed E-state index contributed by atoms with van der Waals surface area (Å²) >= 11 is 0. The molecule has 0 saturated heterocycles. The van der Waals surface area contributed by atoms with Crippen molar-refractivity contribution in [3.8, 4) is 0 Å². The second-order valence-electron chi connectivity index (χ2n) is 6.39. The fraction of sp³-hybridized carbons (Fsp3) is 0.619. The molecule has 1 aromatic rings. The molecule has 0 spiro atoms. The third kappa shape index (κ3) is 8.00. The van der Waals surface area contributed by atoms with Crippen molar-refractivity contribution in [2.45, 2.75) is 66.8 Å². The molecule has 0 bridgehead atoms. The molecule has 0 radical (unpaired) electrons. The molecule has 0 unspecified atom stereocenters. The molecule has 0 amide bonds. The largest absolute Gasteiger partial charge is 0.377 e. The standard InChI is InChI=1S/C18H29N3O2.C3H8/c1-7-16(21(8-2)13(3)4)18-19-11-15(20-18)10-9-14(5)17(22)12-23-6;1-3-2/h9,11,16H,3,7-8,10,12H2,1-2,4-6H3,(H,19,20);3H2,1-2H3/b14-9+;/t16-;/m0./s1. The molecular weight excluding hydrogens is 326 g/mol. The number of aromatic nitrogens is 2. The smallest absolute Gasteiger partial charge is 0.183 e. The van der Waals surface area contributed by atoms with Crippen LogP contribution in [0.15, 0.2) is 30.1 Å². The second kappa shape index (κ2) is 13.3. The van der Waals surface area contributed by atoms with Crippen LogP contribution in [0.25, 0.3) is 0 Å². The lowest BCUT2D eigenvalue weighted by atomic mass is 10.1. The van der Waals surface area contributed by atoms with Gasteiger partial charge in [-0.3, -0.25) is 4.79 Å². The number of carbonyl (C=O) groups is 1. The van der Waals surface area contributed by atoms with E-state index in [1.807, 2.05) is 26.1 Å². The van der Waals surface area contributed by atoms with E-state index in [1.165, 1.54) is 13.5 Å². The van der Waals surface area contributed by atoms with E-state index in [1.54, 1.807) is 0 Å². The van der Waals surface area contributed by atoms with E-state index in [2.05, 4.69) is 49.1 Å². The lowest BCUT2D eigenvalue weighted by Gasteiger charge is -2.30. The zero-order chi connectivity index (χ0) is 20.1. The first kappa shape index (κ1) is 24.1. The number of hydrogen-bond acceptors (Lipinski definition) is 4. The van der Waals surface area contributed by atoms with Crippen LogP contribution in [-0.4, -0.2) is 40.9 Å². The van der Waals surface area contributed by atoms with Crippen LogP contribution in [0, 0.1) is 0 Å². The SMILES string of the molecule is C=C(C)N(CC)[C@@H](CC)c1ncc(C/C=C(\C)C(=O)COC)[nH]1.CCC. The molecule has 1 atom stereocenters. The predicted octanol–water partition coefficient (Wildman–Crippen LogP) is 4.84. The van der Waals surface area contributed by atoms with Crippen LogP contribution in [0.4, 0.5) is 0 Å². The van der Waals surface area contributed by atoms with E-state index < -0.39 is 0 Å². The van der Waals surface area contributed by atoms with E-state index in [9.17, 15) is 4.79 Å². The molecule has 1 aromatic heterocycles. The number of rotatable bonds is 10. The molecule has 1 heterocycles. The summed E-state index contributed by atoms with van der Waals surface area (Å²) in [4.78, 5) is 21.8. The van der Waals surface area contributed by atoms with Gasteiger partial charge in [-0.1, -0.05) is 39.8 Å². The molecule has 0 fully saturated rings. The zero-order valence-electron chi connectivity index (χ0n) is 17.7. The van der Waals surface area contributed by atoms with E-state index in [0.29, 0.717) is 12.0 Å². The topological polar surface area (TPSA) is 58.2 Å². The van der Waals surface area contributed by atoms with Gasteiger partial charge < -0.3 is 14.6 Å². The van der Waals surface area contributed by atoms with Crippen molar-refractivity contribution in [2.75, 3.05) is 20.3 Å². The Hall–Kier alpha value is -1.88.